The molecule has 0 spiro atoms. The summed E-state index contributed by atoms with van der Waals surface area (Å²) in [5.74, 6) is 0.650. The average molecular weight is 767 g/mol. The molecule has 5 nitrogen and oxygen atoms in total. The van der Waals surface area contributed by atoms with Gasteiger partial charge in [0.25, 0.3) is 0 Å². The monoisotopic (exact) mass is 766 g/mol. The number of para-hydroxylation sites is 3. The van der Waals surface area contributed by atoms with Crippen LogP contribution in [0.1, 0.15) is 0 Å². The van der Waals surface area contributed by atoms with Crippen LogP contribution in [0.25, 0.3) is 117 Å². The van der Waals surface area contributed by atoms with Crippen molar-refractivity contribution in [1.29, 1.82) is 0 Å². The third-order valence-electron chi connectivity index (χ3n) is 11.6. The number of benzene rings is 8. The Morgan fingerprint density at radius 3 is 1.58 bits per heavy atom. The van der Waals surface area contributed by atoms with Crippen molar-refractivity contribution in [1.82, 2.24) is 19.5 Å². The van der Waals surface area contributed by atoms with Gasteiger partial charge in [0, 0.05) is 54.9 Å². The van der Waals surface area contributed by atoms with Gasteiger partial charge in [-0.1, -0.05) is 164 Å². The molecule has 0 N–H and O–H groups in total. The van der Waals surface area contributed by atoms with Gasteiger partial charge in [-0.05, 0) is 53.6 Å². The number of hydrogen-bond donors (Lipinski definition) is 0. The second-order valence-electron chi connectivity index (χ2n) is 15.2. The molecule has 4 aromatic heterocycles. The molecule has 0 radical (unpaired) electrons. The van der Waals surface area contributed by atoms with Gasteiger partial charge in [0.05, 0.1) is 27.9 Å². The predicted molar refractivity (Wildman–Crippen MR) is 246 cm³/mol. The summed E-state index contributed by atoms with van der Waals surface area (Å²) >= 11 is 0. The maximum Gasteiger partial charge on any atom is 0.162 e. The van der Waals surface area contributed by atoms with E-state index in [0.717, 1.165) is 89.0 Å². The van der Waals surface area contributed by atoms with E-state index in [1.165, 1.54) is 21.8 Å². The van der Waals surface area contributed by atoms with Crippen LogP contribution in [0.4, 0.5) is 0 Å². The van der Waals surface area contributed by atoms with E-state index in [2.05, 4.69) is 174 Å². The van der Waals surface area contributed by atoms with Gasteiger partial charge in [-0.15, -0.1) is 0 Å². The van der Waals surface area contributed by atoms with E-state index in [0.29, 0.717) is 5.82 Å². The predicted octanol–water partition coefficient (Wildman–Crippen LogP) is 14.4. The van der Waals surface area contributed by atoms with Crippen LogP contribution < -0.4 is 0 Å². The molecular formula is C55H34N4O. The van der Waals surface area contributed by atoms with Gasteiger partial charge in [-0.25, -0.2) is 15.0 Å². The van der Waals surface area contributed by atoms with E-state index in [-0.39, 0.29) is 0 Å². The Morgan fingerprint density at radius 2 is 0.900 bits per heavy atom. The number of rotatable bonds is 6. The molecule has 8 aromatic carbocycles. The van der Waals surface area contributed by atoms with Gasteiger partial charge in [0.15, 0.2) is 11.4 Å². The van der Waals surface area contributed by atoms with Gasteiger partial charge in [-0.3, -0.25) is 0 Å². The minimum absolute atomic E-state index is 0.650. The van der Waals surface area contributed by atoms with Crippen molar-refractivity contribution in [3.05, 3.63) is 206 Å². The minimum atomic E-state index is 0.650. The van der Waals surface area contributed by atoms with Crippen LogP contribution in [0.15, 0.2) is 211 Å². The number of fused-ring (bicyclic) bond motifs is 8. The summed E-state index contributed by atoms with van der Waals surface area (Å²) in [6.07, 6.45) is 0. The fourth-order valence-electron chi connectivity index (χ4n) is 8.73. The molecule has 0 aliphatic carbocycles. The number of hydrogen-bond acceptors (Lipinski definition) is 4. The van der Waals surface area contributed by atoms with Crippen molar-refractivity contribution < 1.29 is 4.42 Å². The Kier molecular flexibility index (Phi) is 7.78. The van der Waals surface area contributed by atoms with Crippen LogP contribution in [-0.4, -0.2) is 19.5 Å². The zero-order chi connectivity index (χ0) is 39.6. The van der Waals surface area contributed by atoms with Crippen molar-refractivity contribution in [2.75, 3.05) is 0 Å². The average Bonchev–Trinajstić information content (AvgIpc) is 3.88. The molecule has 0 bridgehead atoms. The van der Waals surface area contributed by atoms with Gasteiger partial charge in [0.2, 0.25) is 0 Å². The molecular weight excluding hydrogens is 733 g/mol. The lowest BCUT2D eigenvalue weighted by atomic mass is 9.99. The summed E-state index contributed by atoms with van der Waals surface area (Å²) in [6.45, 7) is 0. The van der Waals surface area contributed by atoms with E-state index >= 15 is 0 Å². The first-order valence-electron chi connectivity index (χ1n) is 20.2. The first-order chi connectivity index (χ1) is 29.7. The highest BCUT2D eigenvalue weighted by molar-refractivity contribution is 6.21. The Balaban J connectivity index is 0.965. The highest BCUT2D eigenvalue weighted by Gasteiger charge is 2.19. The molecule has 0 saturated carbocycles. The van der Waals surface area contributed by atoms with E-state index in [4.69, 9.17) is 19.4 Å². The van der Waals surface area contributed by atoms with Crippen LogP contribution in [0, 0.1) is 0 Å². The standard InChI is InChI=1S/C55H34N4O/c1-3-13-35(14-4-1)40-29-32-44-48(33-40)56-53(54-52(44)45-19-9-12-22-51(45)60-54)38-23-25-39(26-24-38)55-57-46(36-15-5-2-6-16-36)34-47(58-55)37-27-30-41(31-28-37)59-49-20-10-7-17-42(49)43-18-8-11-21-50(43)59/h1-34H. The van der Waals surface area contributed by atoms with Crippen LogP contribution in [0.5, 0.6) is 0 Å². The Morgan fingerprint density at radius 1 is 0.367 bits per heavy atom. The number of pyridine rings is 1. The van der Waals surface area contributed by atoms with E-state index < -0.39 is 0 Å². The largest absolute Gasteiger partial charge is 0.454 e. The molecule has 12 aromatic rings. The maximum atomic E-state index is 6.59. The summed E-state index contributed by atoms with van der Waals surface area (Å²) in [5, 5.41) is 5.70. The lowest BCUT2D eigenvalue weighted by Crippen LogP contribution is -1.97. The lowest BCUT2D eigenvalue weighted by molar-refractivity contribution is 0.669. The maximum absolute atomic E-state index is 6.59. The zero-order valence-electron chi connectivity index (χ0n) is 32.3. The number of nitrogens with zero attached hydrogens (tertiary/aromatic N) is 4. The molecule has 60 heavy (non-hydrogen) atoms. The Labute approximate surface area is 345 Å². The fourth-order valence-corrected chi connectivity index (χ4v) is 8.73. The first kappa shape index (κ1) is 33.9. The van der Waals surface area contributed by atoms with E-state index in [9.17, 15) is 0 Å². The zero-order valence-corrected chi connectivity index (χ0v) is 32.3. The normalized spacial score (nSPS) is 11.7. The highest BCUT2D eigenvalue weighted by Crippen LogP contribution is 2.41. The molecule has 4 heterocycles. The van der Waals surface area contributed by atoms with Crippen LogP contribution in [-0.2, 0) is 0 Å². The van der Waals surface area contributed by atoms with Gasteiger partial charge in [0.1, 0.15) is 11.3 Å². The van der Waals surface area contributed by atoms with Crippen LogP contribution >= 0.6 is 0 Å². The number of furan rings is 1. The minimum Gasteiger partial charge on any atom is -0.454 e. The quantitative estimate of drug-likeness (QED) is 0.169. The summed E-state index contributed by atoms with van der Waals surface area (Å²) in [6, 6.07) is 71.9. The third-order valence-corrected chi connectivity index (χ3v) is 11.6. The van der Waals surface area contributed by atoms with Crippen molar-refractivity contribution in [2.45, 2.75) is 0 Å². The second kappa shape index (κ2) is 13.8. The van der Waals surface area contributed by atoms with Gasteiger partial charge in [-0.2, -0.15) is 0 Å². The van der Waals surface area contributed by atoms with E-state index in [1.807, 2.05) is 36.4 Å². The summed E-state index contributed by atoms with van der Waals surface area (Å²) in [4.78, 5) is 15.6. The van der Waals surface area contributed by atoms with Crippen LogP contribution in [0.3, 0.4) is 0 Å². The topological polar surface area (TPSA) is 56.7 Å². The Hall–Kier alpha value is -8.15. The van der Waals surface area contributed by atoms with Crippen molar-refractivity contribution in [3.8, 4) is 62.0 Å². The van der Waals surface area contributed by atoms with E-state index in [1.54, 1.807) is 0 Å². The highest BCUT2D eigenvalue weighted by atomic mass is 16.3. The molecule has 280 valence electrons. The van der Waals surface area contributed by atoms with Crippen LogP contribution in [0.2, 0.25) is 0 Å². The first-order valence-corrected chi connectivity index (χ1v) is 20.2. The second-order valence-corrected chi connectivity index (χ2v) is 15.2. The van der Waals surface area contributed by atoms with Crippen molar-refractivity contribution >= 4 is 54.6 Å². The fraction of sp³-hybridized carbons (Fsp3) is 0. The molecule has 12 rings (SSSR count). The third kappa shape index (κ3) is 5.59. The summed E-state index contributed by atoms with van der Waals surface area (Å²) in [5.41, 5.74) is 14.7. The van der Waals surface area contributed by atoms with Gasteiger partial charge < -0.3 is 8.98 Å². The van der Waals surface area contributed by atoms with Gasteiger partial charge >= 0.3 is 0 Å². The SMILES string of the molecule is c1ccc(-c2ccc3c(c2)nc(-c2ccc(-c4nc(-c5ccccc5)cc(-c5ccc(-n6c7ccccc7c7ccccc76)cc5)n4)cc2)c2oc4ccccc4c23)cc1. The Bertz CT molecular complexity index is 3520. The lowest BCUT2D eigenvalue weighted by Gasteiger charge is -2.12. The molecule has 0 fully saturated rings. The smallest absolute Gasteiger partial charge is 0.162 e. The molecule has 0 unspecified atom stereocenters. The van der Waals surface area contributed by atoms with Crippen molar-refractivity contribution in [2.24, 2.45) is 0 Å². The molecule has 0 atom stereocenters. The number of aromatic nitrogens is 4. The summed E-state index contributed by atoms with van der Waals surface area (Å²) < 4.78 is 8.93. The molecule has 0 saturated heterocycles. The summed E-state index contributed by atoms with van der Waals surface area (Å²) in [7, 11) is 0. The molecule has 0 amide bonds. The molecule has 0 aliphatic rings. The molecule has 0 aliphatic heterocycles. The van der Waals surface area contributed by atoms with Crippen molar-refractivity contribution in [3.63, 3.8) is 0 Å². The molecule has 5 heteroatoms.